The predicted octanol–water partition coefficient (Wildman–Crippen LogP) is 1.57. The minimum Gasteiger partial charge on any atom is -0.377 e. The number of amides is 1. The van der Waals surface area contributed by atoms with Crippen LogP contribution in [0.4, 0.5) is 10.1 Å². The summed E-state index contributed by atoms with van der Waals surface area (Å²) in [5.74, 6) is -1.03. The van der Waals surface area contributed by atoms with E-state index in [-0.39, 0.29) is 11.3 Å². The molecule has 4 N–H and O–H groups in total. The zero-order valence-corrected chi connectivity index (χ0v) is 9.83. The van der Waals surface area contributed by atoms with Crippen molar-refractivity contribution in [2.45, 2.75) is 13.5 Å². The zero-order valence-electron chi connectivity index (χ0n) is 9.83. The molecule has 2 aromatic rings. The lowest BCUT2D eigenvalue weighted by atomic mass is 10.2. The first-order chi connectivity index (χ1) is 8.58. The number of imidazole rings is 1. The number of rotatable bonds is 4. The van der Waals surface area contributed by atoms with E-state index in [1.165, 1.54) is 18.2 Å². The Morgan fingerprint density at radius 3 is 2.94 bits per heavy atom. The van der Waals surface area contributed by atoms with Crippen LogP contribution in [0.3, 0.4) is 0 Å². The SMILES string of the molecule is Cc1[nH]cnc1CNc1cc(C(N)=O)ccc1F. The second kappa shape index (κ2) is 4.87. The van der Waals surface area contributed by atoms with Gasteiger partial charge in [-0.25, -0.2) is 9.37 Å². The van der Waals surface area contributed by atoms with Gasteiger partial charge in [-0.05, 0) is 25.1 Å². The van der Waals surface area contributed by atoms with Crippen molar-refractivity contribution in [3.8, 4) is 0 Å². The Bertz CT molecular complexity index is 579. The number of aromatic amines is 1. The van der Waals surface area contributed by atoms with Crippen molar-refractivity contribution >= 4 is 11.6 Å². The second-order valence-corrected chi connectivity index (χ2v) is 3.89. The van der Waals surface area contributed by atoms with Gasteiger partial charge in [-0.1, -0.05) is 0 Å². The summed E-state index contributed by atoms with van der Waals surface area (Å²) >= 11 is 0. The van der Waals surface area contributed by atoms with Crippen molar-refractivity contribution in [2.24, 2.45) is 5.73 Å². The molecule has 1 heterocycles. The van der Waals surface area contributed by atoms with E-state index in [9.17, 15) is 9.18 Å². The first kappa shape index (κ1) is 12.1. The number of hydrogen-bond donors (Lipinski definition) is 3. The monoisotopic (exact) mass is 248 g/mol. The second-order valence-electron chi connectivity index (χ2n) is 3.89. The Labute approximate surface area is 103 Å². The molecular weight excluding hydrogens is 235 g/mol. The largest absolute Gasteiger partial charge is 0.377 e. The average Bonchev–Trinajstić information content (AvgIpc) is 2.73. The number of nitrogens with one attached hydrogen (secondary N) is 2. The van der Waals surface area contributed by atoms with Crippen LogP contribution >= 0.6 is 0 Å². The number of hydrogen-bond acceptors (Lipinski definition) is 3. The molecule has 1 aromatic carbocycles. The predicted molar refractivity (Wildman–Crippen MR) is 65.6 cm³/mol. The number of anilines is 1. The number of nitrogens with two attached hydrogens (primary N) is 1. The molecule has 0 spiro atoms. The molecule has 0 bridgehead atoms. The van der Waals surface area contributed by atoms with Crippen LogP contribution in [0, 0.1) is 12.7 Å². The highest BCUT2D eigenvalue weighted by Gasteiger charge is 2.08. The Kier molecular flexibility index (Phi) is 3.27. The molecule has 94 valence electrons. The number of carbonyl (C=O) groups is 1. The maximum atomic E-state index is 13.5. The molecule has 0 aliphatic rings. The van der Waals surface area contributed by atoms with Crippen LogP contribution in [0.5, 0.6) is 0 Å². The molecule has 1 aromatic heterocycles. The van der Waals surface area contributed by atoms with Crippen LogP contribution in [0.1, 0.15) is 21.7 Å². The summed E-state index contributed by atoms with van der Waals surface area (Å²) in [6.07, 6.45) is 1.57. The number of primary amides is 1. The molecule has 6 heteroatoms. The normalized spacial score (nSPS) is 10.3. The van der Waals surface area contributed by atoms with Gasteiger partial charge in [-0.2, -0.15) is 0 Å². The minimum atomic E-state index is -0.589. The third-order valence-electron chi connectivity index (χ3n) is 2.63. The summed E-state index contributed by atoms with van der Waals surface area (Å²) in [7, 11) is 0. The molecule has 0 unspecified atom stereocenters. The Hall–Kier alpha value is -2.37. The number of nitrogens with zero attached hydrogens (tertiary/aromatic N) is 1. The first-order valence-corrected chi connectivity index (χ1v) is 5.40. The molecule has 0 atom stereocenters. The highest BCUT2D eigenvalue weighted by atomic mass is 19.1. The standard InChI is InChI=1S/C12H13FN4O/c1-7-11(17-6-16-7)5-15-10-4-8(12(14)18)2-3-9(10)13/h2-4,6,15H,5H2,1H3,(H2,14,18)(H,16,17). The van der Waals surface area contributed by atoms with Gasteiger partial charge < -0.3 is 16.0 Å². The van der Waals surface area contributed by atoms with Gasteiger partial charge in [-0.3, -0.25) is 4.79 Å². The van der Waals surface area contributed by atoms with Gasteiger partial charge >= 0.3 is 0 Å². The summed E-state index contributed by atoms with van der Waals surface area (Å²) in [5, 5.41) is 2.89. The quantitative estimate of drug-likeness (QED) is 0.767. The van der Waals surface area contributed by atoms with Gasteiger partial charge in [0.15, 0.2) is 0 Å². The number of halogens is 1. The fourth-order valence-corrected chi connectivity index (χ4v) is 1.56. The van der Waals surface area contributed by atoms with Crippen molar-refractivity contribution in [3.05, 3.63) is 47.3 Å². The van der Waals surface area contributed by atoms with E-state index in [1.54, 1.807) is 6.33 Å². The van der Waals surface area contributed by atoms with Gasteiger partial charge in [0.2, 0.25) is 5.91 Å². The van der Waals surface area contributed by atoms with Crippen LogP contribution in [-0.2, 0) is 6.54 Å². The van der Waals surface area contributed by atoms with Gasteiger partial charge in [0.1, 0.15) is 5.82 Å². The number of H-pyrrole nitrogens is 1. The van der Waals surface area contributed by atoms with Crippen molar-refractivity contribution in [1.82, 2.24) is 9.97 Å². The van der Waals surface area contributed by atoms with Crippen molar-refractivity contribution in [3.63, 3.8) is 0 Å². The fourth-order valence-electron chi connectivity index (χ4n) is 1.56. The van der Waals surface area contributed by atoms with E-state index in [1.807, 2.05) is 6.92 Å². The molecule has 0 saturated carbocycles. The fraction of sp³-hybridized carbons (Fsp3) is 0.167. The van der Waals surface area contributed by atoms with Crippen LogP contribution < -0.4 is 11.1 Å². The molecule has 2 rings (SSSR count). The van der Waals surface area contributed by atoms with E-state index in [0.29, 0.717) is 6.54 Å². The van der Waals surface area contributed by atoms with Crippen LogP contribution in [-0.4, -0.2) is 15.9 Å². The molecule has 0 aliphatic heterocycles. The van der Waals surface area contributed by atoms with Crippen molar-refractivity contribution < 1.29 is 9.18 Å². The highest BCUT2D eigenvalue weighted by Crippen LogP contribution is 2.17. The lowest BCUT2D eigenvalue weighted by Gasteiger charge is -2.07. The minimum absolute atomic E-state index is 0.230. The summed E-state index contributed by atoms with van der Waals surface area (Å²) in [5.41, 5.74) is 7.33. The van der Waals surface area contributed by atoms with Gasteiger partial charge in [0.05, 0.1) is 24.3 Å². The molecule has 0 saturated heterocycles. The number of carbonyl (C=O) groups excluding carboxylic acids is 1. The molecule has 0 fully saturated rings. The van der Waals surface area contributed by atoms with Crippen molar-refractivity contribution in [2.75, 3.05) is 5.32 Å². The smallest absolute Gasteiger partial charge is 0.248 e. The Morgan fingerprint density at radius 2 is 2.33 bits per heavy atom. The lowest BCUT2D eigenvalue weighted by Crippen LogP contribution is -2.12. The van der Waals surface area contributed by atoms with Crippen molar-refractivity contribution in [1.29, 1.82) is 0 Å². The molecule has 1 amide bonds. The Balaban J connectivity index is 2.16. The third kappa shape index (κ3) is 2.48. The molecule has 18 heavy (non-hydrogen) atoms. The summed E-state index contributed by atoms with van der Waals surface area (Å²) < 4.78 is 13.5. The third-order valence-corrected chi connectivity index (χ3v) is 2.63. The number of aromatic nitrogens is 2. The lowest BCUT2D eigenvalue weighted by molar-refractivity contribution is 0.100. The van der Waals surface area contributed by atoms with E-state index in [2.05, 4.69) is 15.3 Å². The summed E-state index contributed by atoms with van der Waals surface area (Å²) in [6, 6.07) is 3.95. The van der Waals surface area contributed by atoms with Gasteiger partial charge in [-0.15, -0.1) is 0 Å². The molecular formula is C12H13FN4O. The van der Waals surface area contributed by atoms with E-state index < -0.39 is 11.7 Å². The Morgan fingerprint density at radius 1 is 1.56 bits per heavy atom. The maximum Gasteiger partial charge on any atom is 0.248 e. The molecule has 5 nitrogen and oxygen atoms in total. The van der Waals surface area contributed by atoms with E-state index >= 15 is 0 Å². The van der Waals surface area contributed by atoms with Gasteiger partial charge in [0.25, 0.3) is 0 Å². The average molecular weight is 248 g/mol. The summed E-state index contributed by atoms with van der Waals surface area (Å²) in [6.45, 7) is 2.24. The zero-order chi connectivity index (χ0) is 13.1. The highest BCUT2D eigenvalue weighted by molar-refractivity contribution is 5.93. The van der Waals surface area contributed by atoms with E-state index in [4.69, 9.17) is 5.73 Å². The summed E-state index contributed by atoms with van der Waals surface area (Å²) in [4.78, 5) is 18.0. The first-order valence-electron chi connectivity index (χ1n) is 5.40. The van der Waals surface area contributed by atoms with Crippen LogP contribution in [0.2, 0.25) is 0 Å². The number of benzene rings is 1. The molecule has 0 radical (unpaired) electrons. The van der Waals surface area contributed by atoms with Crippen LogP contribution in [0.15, 0.2) is 24.5 Å². The molecule has 0 aliphatic carbocycles. The number of aryl methyl sites for hydroxylation is 1. The van der Waals surface area contributed by atoms with Gasteiger partial charge in [0, 0.05) is 11.3 Å². The maximum absolute atomic E-state index is 13.5. The topological polar surface area (TPSA) is 83.8 Å². The van der Waals surface area contributed by atoms with E-state index in [0.717, 1.165) is 11.4 Å². The van der Waals surface area contributed by atoms with Crippen LogP contribution in [0.25, 0.3) is 0 Å².